The van der Waals surface area contributed by atoms with Gasteiger partial charge in [0.1, 0.15) is 11.6 Å². The van der Waals surface area contributed by atoms with E-state index in [0.717, 1.165) is 12.0 Å². The Morgan fingerprint density at radius 1 is 0.974 bits per heavy atom. The topological polar surface area (TPSA) is 154 Å². The molecule has 2 unspecified atom stereocenters. The first-order valence-electron chi connectivity index (χ1n) is 13.1. The van der Waals surface area contributed by atoms with E-state index in [2.05, 4.69) is 16.0 Å². The lowest BCUT2D eigenvalue weighted by molar-refractivity contribution is -0.138. The van der Waals surface area contributed by atoms with Crippen molar-refractivity contribution in [1.82, 2.24) is 16.0 Å². The maximum Gasteiger partial charge on any atom is 0.407 e. The SMILES string of the molecule is CC(C)(C)CC(NC(=O)OC(C)(C)C)C(O)CC(=O)N[C@@H](CCC(=O)O)C(=O)NCCCc1ccccc1. The molecule has 0 saturated carbocycles. The molecule has 0 spiro atoms. The van der Waals surface area contributed by atoms with Crippen molar-refractivity contribution in [2.45, 2.75) is 104 Å². The zero-order valence-corrected chi connectivity index (χ0v) is 23.5. The van der Waals surface area contributed by atoms with E-state index in [0.29, 0.717) is 19.4 Å². The van der Waals surface area contributed by atoms with Gasteiger partial charge in [0, 0.05) is 13.0 Å². The van der Waals surface area contributed by atoms with Gasteiger partial charge in [-0.3, -0.25) is 14.4 Å². The number of aliphatic carboxylic acids is 1. The highest BCUT2D eigenvalue weighted by Crippen LogP contribution is 2.23. The number of benzene rings is 1. The second-order valence-electron chi connectivity index (χ2n) is 11.7. The van der Waals surface area contributed by atoms with Crippen LogP contribution in [0.1, 0.15) is 79.2 Å². The number of alkyl carbamates (subject to hydrolysis) is 1. The Balaban J connectivity index is 2.76. The lowest BCUT2D eigenvalue weighted by atomic mass is 9.85. The van der Waals surface area contributed by atoms with E-state index in [9.17, 15) is 24.3 Å². The predicted molar refractivity (Wildman–Crippen MR) is 144 cm³/mol. The van der Waals surface area contributed by atoms with Gasteiger partial charge >= 0.3 is 12.1 Å². The van der Waals surface area contributed by atoms with Gasteiger partial charge in [0.25, 0.3) is 0 Å². The molecule has 1 rings (SSSR count). The van der Waals surface area contributed by atoms with Gasteiger partial charge < -0.3 is 30.9 Å². The molecule has 0 radical (unpaired) electrons. The van der Waals surface area contributed by atoms with Gasteiger partial charge in [-0.1, -0.05) is 51.1 Å². The van der Waals surface area contributed by atoms with Crippen molar-refractivity contribution in [2.75, 3.05) is 6.54 Å². The van der Waals surface area contributed by atoms with Crippen molar-refractivity contribution in [3.05, 3.63) is 35.9 Å². The number of amides is 3. The Morgan fingerprint density at radius 3 is 2.16 bits per heavy atom. The lowest BCUT2D eigenvalue weighted by Gasteiger charge is -2.31. The van der Waals surface area contributed by atoms with E-state index in [1.807, 2.05) is 51.1 Å². The average Bonchev–Trinajstić information content (AvgIpc) is 2.77. The Kier molecular flexibility index (Phi) is 13.3. The molecule has 3 atom stereocenters. The summed E-state index contributed by atoms with van der Waals surface area (Å²) in [5, 5.41) is 27.8. The standard InChI is InChI=1S/C28H45N3O7/c1-27(2,3)18-21(31-26(37)38-28(4,5)6)22(32)17-23(33)30-20(14-15-24(34)35)25(36)29-16-10-13-19-11-8-7-9-12-19/h7-9,11-12,20-22,32H,10,13-18H2,1-6H3,(H,29,36)(H,30,33)(H,31,37)(H,34,35)/t20-,21?,22?/m0/s1. The van der Waals surface area contributed by atoms with Crippen LogP contribution in [0, 0.1) is 5.41 Å². The molecule has 1 aromatic carbocycles. The minimum absolute atomic E-state index is 0.0940. The molecule has 38 heavy (non-hydrogen) atoms. The van der Waals surface area contributed by atoms with Crippen molar-refractivity contribution < 1.29 is 34.1 Å². The average molecular weight is 536 g/mol. The highest BCUT2D eigenvalue weighted by Gasteiger charge is 2.31. The van der Waals surface area contributed by atoms with Gasteiger partial charge in [-0.2, -0.15) is 0 Å². The number of ether oxygens (including phenoxy) is 1. The molecule has 0 bridgehead atoms. The van der Waals surface area contributed by atoms with Crippen LogP contribution in [0.4, 0.5) is 4.79 Å². The molecule has 0 aliphatic heterocycles. The molecule has 1 aromatic rings. The molecule has 0 fully saturated rings. The van der Waals surface area contributed by atoms with Crippen molar-refractivity contribution >= 4 is 23.9 Å². The number of carboxylic acids is 1. The number of aliphatic hydroxyl groups excluding tert-OH is 1. The molecule has 0 aliphatic rings. The predicted octanol–water partition coefficient (Wildman–Crippen LogP) is 3.17. The van der Waals surface area contributed by atoms with Gasteiger partial charge in [0.2, 0.25) is 11.8 Å². The normalized spacial score (nSPS) is 14.1. The second-order valence-corrected chi connectivity index (χ2v) is 11.7. The molecule has 5 N–H and O–H groups in total. The first-order chi connectivity index (χ1) is 17.6. The van der Waals surface area contributed by atoms with Crippen LogP contribution in [0.15, 0.2) is 30.3 Å². The maximum atomic E-state index is 12.8. The molecular formula is C28H45N3O7. The Morgan fingerprint density at radius 2 is 1.61 bits per heavy atom. The first kappa shape index (κ1) is 32.9. The minimum atomic E-state index is -1.25. The Labute approximate surface area is 225 Å². The summed E-state index contributed by atoms with van der Waals surface area (Å²) < 4.78 is 5.29. The van der Waals surface area contributed by atoms with Gasteiger partial charge in [-0.05, 0) is 57.4 Å². The van der Waals surface area contributed by atoms with Crippen LogP contribution in [0.3, 0.4) is 0 Å². The minimum Gasteiger partial charge on any atom is -0.481 e. The van der Waals surface area contributed by atoms with Crippen molar-refractivity contribution in [1.29, 1.82) is 0 Å². The van der Waals surface area contributed by atoms with Gasteiger partial charge in [-0.25, -0.2) is 4.79 Å². The van der Waals surface area contributed by atoms with E-state index >= 15 is 0 Å². The number of nitrogens with one attached hydrogen (secondary N) is 3. The molecule has 3 amide bonds. The number of hydrogen-bond acceptors (Lipinski definition) is 6. The Bertz CT molecular complexity index is 907. The van der Waals surface area contributed by atoms with E-state index in [1.165, 1.54) is 0 Å². The van der Waals surface area contributed by atoms with E-state index in [-0.39, 0.29) is 24.7 Å². The number of carboxylic acid groups (broad SMARTS) is 1. The van der Waals surface area contributed by atoms with Gasteiger partial charge in [0.15, 0.2) is 0 Å². The smallest absolute Gasteiger partial charge is 0.407 e. The van der Waals surface area contributed by atoms with E-state index in [4.69, 9.17) is 9.84 Å². The van der Waals surface area contributed by atoms with Crippen LogP contribution in [-0.4, -0.2) is 64.4 Å². The van der Waals surface area contributed by atoms with Gasteiger partial charge in [0.05, 0.1) is 18.6 Å². The fraction of sp³-hybridized carbons (Fsp3) is 0.643. The third-order valence-electron chi connectivity index (χ3n) is 5.48. The number of carbonyl (C=O) groups is 4. The molecule has 10 heteroatoms. The van der Waals surface area contributed by atoms with E-state index in [1.54, 1.807) is 20.8 Å². The summed E-state index contributed by atoms with van der Waals surface area (Å²) in [5.74, 6) is -2.20. The summed E-state index contributed by atoms with van der Waals surface area (Å²) in [7, 11) is 0. The number of aryl methyl sites for hydroxylation is 1. The molecule has 0 aliphatic carbocycles. The molecular weight excluding hydrogens is 490 g/mol. The highest BCUT2D eigenvalue weighted by molar-refractivity contribution is 5.88. The third kappa shape index (κ3) is 15.2. The lowest BCUT2D eigenvalue weighted by Crippen LogP contribution is -2.51. The largest absolute Gasteiger partial charge is 0.481 e. The van der Waals surface area contributed by atoms with Crippen LogP contribution in [0.2, 0.25) is 0 Å². The van der Waals surface area contributed by atoms with Crippen molar-refractivity contribution in [3.8, 4) is 0 Å². The van der Waals surface area contributed by atoms with Crippen LogP contribution in [0.5, 0.6) is 0 Å². The van der Waals surface area contributed by atoms with Crippen LogP contribution < -0.4 is 16.0 Å². The third-order valence-corrected chi connectivity index (χ3v) is 5.48. The van der Waals surface area contributed by atoms with Crippen LogP contribution in [0.25, 0.3) is 0 Å². The number of hydrogen-bond donors (Lipinski definition) is 5. The summed E-state index contributed by atoms with van der Waals surface area (Å²) in [4.78, 5) is 48.9. The van der Waals surface area contributed by atoms with Crippen LogP contribution >= 0.6 is 0 Å². The monoisotopic (exact) mass is 535 g/mol. The summed E-state index contributed by atoms with van der Waals surface area (Å²) >= 11 is 0. The zero-order chi connectivity index (χ0) is 28.9. The van der Waals surface area contributed by atoms with Gasteiger partial charge in [-0.15, -0.1) is 0 Å². The molecule has 0 saturated heterocycles. The van der Waals surface area contributed by atoms with Crippen LogP contribution in [-0.2, 0) is 25.5 Å². The Hall–Kier alpha value is -3.14. The van der Waals surface area contributed by atoms with Crippen molar-refractivity contribution in [2.24, 2.45) is 5.41 Å². The first-order valence-corrected chi connectivity index (χ1v) is 13.1. The van der Waals surface area contributed by atoms with E-state index < -0.39 is 47.7 Å². The summed E-state index contributed by atoms with van der Waals surface area (Å²) in [6.45, 7) is 11.3. The fourth-order valence-corrected chi connectivity index (χ4v) is 3.80. The molecule has 10 nitrogen and oxygen atoms in total. The van der Waals surface area contributed by atoms with Crippen molar-refractivity contribution in [3.63, 3.8) is 0 Å². The fourth-order valence-electron chi connectivity index (χ4n) is 3.80. The summed E-state index contributed by atoms with van der Waals surface area (Å²) in [6, 6.07) is 7.95. The number of carbonyl (C=O) groups excluding carboxylic acids is 3. The summed E-state index contributed by atoms with van der Waals surface area (Å²) in [6.07, 6.45) is -0.942. The highest BCUT2D eigenvalue weighted by atomic mass is 16.6. The molecule has 214 valence electrons. The summed E-state index contributed by atoms with van der Waals surface area (Å²) in [5.41, 5.74) is 0.127. The zero-order valence-electron chi connectivity index (χ0n) is 23.5. The molecule has 0 heterocycles. The maximum absolute atomic E-state index is 12.8. The molecule has 0 aromatic heterocycles. The quantitative estimate of drug-likeness (QED) is 0.229. The second kappa shape index (κ2) is 15.3. The number of rotatable bonds is 14. The number of aliphatic hydroxyl groups is 1.